The fraction of sp³-hybridized carbons (Fsp3) is 0.486. The number of nitriles is 1. The van der Waals surface area contributed by atoms with Crippen LogP contribution in [0.4, 0.5) is 4.39 Å². The first-order valence-electron chi connectivity index (χ1n) is 15.7. The van der Waals surface area contributed by atoms with Gasteiger partial charge in [-0.3, -0.25) is 4.79 Å². The van der Waals surface area contributed by atoms with Crippen LogP contribution in [-0.4, -0.2) is 91.0 Å². The lowest BCUT2D eigenvalue weighted by molar-refractivity contribution is -0.130. The second kappa shape index (κ2) is 12.8. The molecule has 6 rings (SSSR count). The number of likely N-dealkylation sites (tertiary alicyclic amines) is 1. The van der Waals surface area contributed by atoms with Crippen LogP contribution in [-0.2, 0) is 22.4 Å². The number of halogens is 1. The van der Waals surface area contributed by atoms with Crippen molar-refractivity contribution in [3.63, 3.8) is 0 Å². The molecule has 0 radical (unpaired) electrons. The minimum Gasteiger partial charge on any atom is -0.475 e. The zero-order chi connectivity index (χ0) is 30.8. The Labute approximate surface area is 259 Å². The smallest absolute Gasteiger partial charge is 0.246 e. The van der Waals surface area contributed by atoms with Crippen LogP contribution >= 0.6 is 0 Å². The molecule has 8 nitrogen and oxygen atoms in total. The molecule has 0 aromatic heterocycles. The molecule has 44 heavy (non-hydrogen) atoms. The number of carbonyl (C=O) groups is 1. The summed E-state index contributed by atoms with van der Waals surface area (Å²) in [5.41, 5.74) is 4.93. The van der Waals surface area contributed by atoms with Crippen LogP contribution in [0.3, 0.4) is 0 Å². The van der Waals surface area contributed by atoms with Crippen LogP contribution < -0.4 is 0 Å². The SMILES string of the molecule is [C-]#[N+]C[C@H]1CN(C2=C(C#N)C(OC[C@@H]3CCCN3C)=NC3C(F)=C(c4cccc5c4CCCC5)C=CC23)CCN1C(=O)C=C. The first-order valence-corrected chi connectivity index (χ1v) is 15.7. The number of benzene rings is 1. The Kier molecular flexibility index (Phi) is 8.68. The maximum absolute atomic E-state index is 16.8. The van der Waals surface area contributed by atoms with E-state index < -0.39 is 12.0 Å². The zero-order valence-electron chi connectivity index (χ0n) is 25.3. The summed E-state index contributed by atoms with van der Waals surface area (Å²) in [6.07, 6.45) is 11.3. The molecule has 2 saturated heterocycles. The van der Waals surface area contributed by atoms with Gasteiger partial charge < -0.3 is 24.3 Å². The second-order valence-corrected chi connectivity index (χ2v) is 12.3. The minimum atomic E-state index is -0.870. The highest BCUT2D eigenvalue weighted by molar-refractivity contribution is 6.00. The molecule has 3 aliphatic heterocycles. The Morgan fingerprint density at radius 2 is 2.09 bits per heavy atom. The summed E-state index contributed by atoms with van der Waals surface area (Å²) in [4.78, 5) is 27.0. The number of piperazine rings is 1. The fourth-order valence-electron chi connectivity index (χ4n) is 7.49. The third-order valence-electron chi connectivity index (χ3n) is 9.83. The van der Waals surface area contributed by atoms with Gasteiger partial charge in [0.2, 0.25) is 18.3 Å². The largest absolute Gasteiger partial charge is 0.475 e. The number of ether oxygens (including phenoxy) is 1. The van der Waals surface area contributed by atoms with Crippen LogP contribution in [0.25, 0.3) is 10.4 Å². The molecule has 0 N–H and O–H groups in total. The molecule has 1 amide bonds. The molecular weight excluding hydrogens is 555 g/mol. The van der Waals surface area contributed by atoms with Crippen molar-refractivity contribution in [1.82, 2.24) is 14.7 Å². The number of aliphatic imine (C=N–C) groups is 1. The number of likely N-dealkylation sites (N-methyl/N-ethyl adjacent to an activating group) is 1. The molecule has 4 atom stereocenters. The molecule has 1 aromatic rings. The van der Waals surface area contributed by atoms with Gasteiger partial charge in [0.25, 0.3) is 0 Å². The van der Waals surface area contributed by atoms with Gasteiger partial charge in [-0.05, 0) is 74.9 Å². The lowest BCUT2D eigenvalue weighted by Crippen LogP contribution is -2.57. The monoisotopic (exact) mass is 594 g/mol. The first kappa shape index (κ1) is 29.8. The van der Waals surface area contributed by atoms with Crippen molar-refractivity contribution in [3.8, 4) is 6.07 Å². The Balaban J connectivity index is 1.40. The van der Waals surface area contributed by atoms with E-state index in [1.54, 1.807) is 4.90 Å². The highest BCUT2D eigenvalue weighted by Crippen LogP contribution is 2.43. The number of carbonyl (C=O) groups excluding carboxylic acids is 1. The van der Waals surface area contributed by atoms with Gasteiger partial charge in [0, 0.05) is 42.9 Å². The van der Waals surface area contributed by atoms with E-state index in [0.29, 0.717) is 43.1 Å². The van der Waals surface area contributed by atoms with Gasteiger partial charge >= 0.3 is 0 Å². The van der Waals surface area contributed by atoms with E-state index in [-0.39, 0.29) is 36.3 Å². The third kappa shape index (κ3) is 5.46. The van der Waals surface area contributed by atoms with Crippen molar-refractivity contribution in [2.75, 3.05) is 46.4 Å². The Morgan fingerprint density at radius 1 is 1.25 bits per heavy atom. The van der Waals surface area contributed by atoms with Gasteiger partial charge in [-0.15, -0.1) is 0 Å². The van der Waals surface area contributed by atoms with E-state index in [4.69, 9.17) is 16.3 Å². The number of aryl methyl sites for hydroxylation is 1. The van der Waals surface area contributed by atoms with E-state index in [9.17, 15) is 10.1 Å². The highest BCUT2D eigenvalue weighted by Gasteiger charge is 2.44. The Bertz CT molecular complexity index is 1540. The number of allylic oxidation sites excluding steroid dienone is 2. The van der Waals surface area contributed by atoms with Crippen molar-refractivity contribution < 1.29 is 13.9 Å². The topological polar surface area (TPSA) is 76.5 Å². The van der Waals surface area contributed by atoms with Crippen LogP contribution in [0.15, 0.2) is 65.1 Å². The van der Waals surface area contributed by atoms with Crippen molar-refractivity contribution >= 4 is 17.4 Å². The normalized spacial score (nSPS) is 26.9. The summed E-state index contributed by atoms with van der Waals surface area (Å²) >= 11 is 0. The number of nitrogens with zero attached hydrogens (tertiary/aromatic N) is 6. The number of rotatable bonds is 6. The lowest BCUT2D eigenvalue weighted by atomic mass is 9.79. The van der Waals surface area contributed by atoms with E-state index in [1.807, 2.05) is 29.2 Å². The van der Waals surface area contributed by atoms with Crippen molar-refractivity contribution in [3.05, 3.63) is 88.2 Å². The maximum Gasteiger partial charge on any atom is 0.246 e. The van der Waals surface area contributed by atoms with Gasteiger partial charge in [0.1, 0.15) is 36.2 Å². The zero-order valence-corrected chi connectivity index (χ0v) is 25.3. The molecule has 0 spiro atoms. The van der Waals surface area contributed by atoms with Crippen LogP contribution in [0.2, 0.25) is 0 Å². The fourth-order valence-corrected chi connectivity index (χ4v) is 7.49. The van der Waals surface area contributed by atoms with Crippen LogP contribution in [0, 0.1) is 23.8 Å². The van der Waals surface area contributed by atoms with E-state index in [2.05, 4.69) is 35.5 Å². The molecule has 9 heteroatoms. The molecule has 1 aromatic carbocycles. The van der Waals surface area contributed by atoms with Gasteiger partial charge in [-0.1, -0.05) is 36.9 Å². The van der Waals surface area contributed by atoms with E-state index in [0.717, 1.165) is 50.6 Å². The molecule has 2 aliphatic carbocycles. The molecule has 0 bridgehead atoms. The number of hydrogen-bond donors (Lipinski definition) is 0. The Hall–Kier alpha value is -4.21. The van der Waals surface area contributed by atoms with Gasteiger partial charge in [0.15, 0.2) is 0 Å². The quantitative estimate of drug-likeness (QED) is 0.352. The number of fused-ring (bicyclic) bond motifs is 2. The summed E-state index contributed by atoms with van der Waals surface area (Å²) in [5, 5.41) is 10.5. The molecule has 228 valence electrons. The maximum atomic E-state index is 16.8. The predicted molar refractivity (Wildman–Crippen MR) is 168 cm³/mol. The minimum absolute atomic E-state index is 0.123. The van der Waals surface area contributed by atoms with Crippen LogP contribution in [0.5, 0.6) is 0 Å². The van der Waals surface area contributed by atoms with Crippen molar-refractivity contribution in [2.24, 2.45) is 10.9 Å². The molecule has 5 aliphatic rings. The van der Waals surface area contributed by atoms with E-state index >= 15 is 4.39 Å². The number of amides is 1. The average molecular weight is 595 g/mol. The lowest BCUT2D eigenvalue weighted by Gasteiger charge is -2.44. The Morgan fingerprint density at radius 3 is 2.84 bits per heavy atom. The summed E-state index contributed by atoms with van der Waals surface area (Å²) in [5.74, 6) is -0.869. The van der Waals surface area contributed by atoms with Gasteiger partial charge in [0.05, 0.1) is 0 Å². The third-order valence-corrected chi connectivity index (χ3v) is 9.83. The van der Waals surface area contributed by atoms with E-state index in [1.165, 1.54) is 17.2 Å². The molecule has 0 saturated carbocycles. The standard InChI is InChI=1S/C35H39FN6O2/c1-4-31(43)42-18-17-41(21-25(42)20-38-2)34-29-15-14-28(27-13-7-10-23-9-5-6-12-26(23)27)32(36)33(29)39-35(30(34)19-37)44-22-24-11-8-16-40(24)3/h4,7,10,13-15,24-25,29,33H,1,5-6,8-9,11-12,16-18,20-22H2,3H3/t24-,25-,29?,33?/m0/s1. The second-order valence-electron chi connectivity index (χ2n) is 12.3. The predicted octanol–water partition coefficient (Wildman–Crippen LogP) is 4.72. The molecule has 3 heterocycles. The summed E-state index contributed by atoms with van der Waals surface area (Å²) in [7, 11) is 2.06. The van der Waals surface area contributed by atoms with Gasteiger partial charge in [-0.25, -0.2) is 16.0 Å². The number of dihydropyridines is 1. The van der Waals surface area contributed by atoms with Crippen molar-refractivity contribution in [2.45, 2.75) is 56.7 Å². The average Bonchev–Trinajstić information content (AvgIpc) is 3.47. The molecule has 2 fully saturated rings. The van der Waals surface area contributed by atoms with Crippen LogP contribution in [0.1, 0.15) is 42.4 Å². The highest BCUT2D eigenvalue weighted by atomic mass is 19.1. The summed E-state index contributed by atoms with van der Waals surface area (Å²) in [6, 6.07) is 7.46. The first-order chi connectivity index (χ1) is 21.4. The van der Waals surface area contributed by atoms with Gasteiger partial charge in [-0.2, -0.15) is 5.26 Å². The summed E-state index contributed by atoms with van der Waals surface area (Å²) in [6.45, 7) is 13.8. The summed E-state index contributed by atoms with van der Waals surface area (Å²) < 4.78 is 23.1. The van der Waals surface area contributed by atoms with Crippen molar-refractivity contribution in [1.29, 1.82) is 5.26 Å². The molecular formula is C35H39FN6O2. The molecule has 2 unspecified atom stereocenters. The number of hydrogen-bond acceptors (Lipinski definition) is 6.